The van der Waals surface area contributed by atoms with E-state index in [0.29, 0.717) is 6.54 Å². The maximum Gasteiger partial charge on any atom is 0.136 e. The number of nitrogens with two attached hydrogens (primary N) is 1. The number of aromatic nitrogens is 1. The molecule has 1 heterocycles. The van der Waals surface area contributed by atoms with E-state index in [-0.39, 0.29) is 0 Å². The molecule has 18 heavy (non-hydrogen) atoms. The van der Waals surface area contributed by atoms with Crippen molar-refractivity contribution in [2.75, 3.05) is 32.1 Å². The van der Waals surface area contributed by atoms with Crippen molar-refractivity contribution in [1.82, 2.24) is 4.98 Å². The molecule has 4 heteroatoms. The smallest absolute Gasteiger partial charge is 0.136 e. The minimum Gasteiger partial charge on any atom is -0.497 e. The summed E-state index contributed by atoms with van der Waals surface area (Å²) in [6, 6.07) is 8.04. The Kier molecular flexibility index (Phi) is 3.99. The molecule has 0 aliphatic heterocycles. The van der Waals surface area contributed by atoms with Gasteiger partial charge in [0.1, 0.15) is 11.6 Å². The zero-order valence-corrected chi connectivity index (χ0v) is 10.9. The average molecular weight is 245 g/mol. The lowest BCUT2D eigenvalue weighted by Gasteiger charge is -2.19. The fraction of sp³-hybridized carbons (Fsp3) is 0.357. The zero-order valence-electron chi connectivity index (χ0n) is 10.9. The van der Waals surface area contributed by atoms with Crippen molar-refractivity contribution < 1.29 is 4.74 Å². The fourth-order valence-corrected chi connectivity index (χ4v) is 2.01. The number of fused-ring (bicyclic) bond motifs is 1. The van der Waals surface area contributed by atoms with Crippen LogP contribution in [0.5, 0.6) is 5.75 Å². The number of rotatable bonds is 5. The molecule has 2 N–H and O–H groups in total. The first kappa shape index (κ1) is 12.6. The van der Waals surface area contributed by atoms with Crippen LogP contribution in [0.3, 0.4) is 0 Å². The molecule has 0 saturated carbocycles. The second-order valence-electron chi connectivity index (χ2n) is 4.29. The minimum absolute atomic E-state index is 0.697. The molecule has 0 aliphatic rings. The zero-order chi connectivity index (χ0) is 13.0. The van der Waals surface area contributed by atoms with Crippen molar-refractivity contribution in [1.29, 1.82) is 0 Å². The van der Waals surface area contributed by atoms with Gasteiger partial charge in [-0.25, -0.2) is 4.98 Å². The molecular formula is C14H19N3O. The lowest BCUT2D eigenvalue weighted by atomic mass is 10.1. The molecule has 0 amide bonds. The lowest BCUT2D eigenvalue weighted by molar-refractivity contribution is 0.415. The SMILES string of the molecule is COc1ccc2c(N(C)CCCN)nccc2c1. The molecule has 96 valence electrons. The highest BCUT2D eigenvalue weighted by Gasteiger charge is 2.07. The van der Waals surface area contributed by atoms with Gasteiger partial charge in [0.2, 0.25) is 0 Å². The molecule has 0 radical (unpaired) electrons. The van der Waals surface area contributed by atoms with E-state index in [1.807, 2.05) is 31.4 Å². The molecule has 0 unspecified atom stereocenters. The molecular weight excluding hydrogens is 226 g/mol. The Bertz CT molecular complexity index is 527. The second kappa shape index (κ2) is 5.69. The van der Waals surface area contributed by atoms with Crippen LogP contribution in [-0.4, -0.2) is 32.2 Å². The number of anilines is 1. The summed E-state index contributed by atoms with van der Waals surface area (Å²) in [4.78, 5) is 6.60. The van der Waals surface area contributed by atoms with Crippen molar-refractivity contribution >= 4 is 16.6 Å². The van der Waals surface area contributed by atoms with Gasteiger partial charge in [0.25, 0.3) is 0 Å². The van der Waals surface area contributed by atoms with Crippen LogP contribution in [0.15, 0.2) is 30.5 Å². The molecule has 0 spiro atoms. The van der Waals surface area contributed by atoms with Crippen LogP contribution in [0, 0.1) is 0 Å². The van der Waals surface area contributed by atoms with Crippen molar-refractivity contribution in [2.45, 2.75) is 6.42 Å². The molecule has 1 aromatic heterocycles. The van der Waals surface area contributed by atoms with Crippen molar-refractivity contribution in [2.24, 2.45) is 5.73 Å². The van der Waals surface area contributed by atoms with E-state index >= 15 is 0 Å². The standard InChI is InChI=1S/C14H19N3O/c1-17(9-3-7-15)14-13-5-4-12(18-2)10-11(13)6-8-16-14/h4-6,8,10H,3,7,9,15H2,1-2H3. The monoisotopic (exact) mass is 245 g/mol. The third kappa shape index (κ3) is 2.54. The van der Waals surface area contributed by atoms with Gasteiger partial charge in [0.15, 0.2) is 0 Å². The number of ether oxygens (including phenoxy) is 1. The first-order chi connectivity index (χ1) is 8.76. The Hall–Kier alpha value is -1.81. The highest BCUT2D eigenvalue weighted by atomic mass is 16.5. The second-order valence-corrected chi connectivity index (χ2v) is 4.29. The number of nitrogens with zero attached hydrogens (tertiary/aromatic N) is 2. The van der Waals surface area contributed by atoms with Gasteiger partial charge in [-0.05, 0) is 42.6 Å². The van der Waals surface area contributed by atoms with Crippen LogP contribution in [0.1, 0.15) is 6.42 Å². The van der Waals surface area contributed by atoms with Gasteiger partial charge in [-0.3, -0.25) is 0 Å². The molecule has 2 aromatic rings. The Morgan fingerprint density at radius 1 is 1.33 bits per heavy atom. The summed E-state index contributed by atoms with van der Waals surface area (Å²) in [6.07, 6.45) is 2.79. The number of hydrogen-bond donors (Lipinski definition) is 1. The predicted molar refractivity (Wildman–Crippen MR) is 75.2 cm³/mol. The van der Waals surface area contributed by atoms with E-state index in [1.165, 1.54) is 0 Å². The molecule has 2 rings (SSSR count). The summed E-state index contributed by atoms with van der Waals surface area (Å²) in [5.41, 5.74) is 5.54. The molecule has 1 aromatic carbocycles. The van der Waals surface area contributed by atoms with Crippen molar-refractivity contribution in [3.8, 4) is 5.75 Å². The van der Waals surface area contributed by atoms with E-state index in [4.69, 9.17) is 10.5 Å². The Balaban J connectivity index is 2.39. The van der Waals surface area contributed by atoms with Crippen LogP contribution >= 0.6 is 0 Å². The van der Waals surface area contributed by atoms with E-state index in [1.54, 1.807) is 7.11 Å². The first-order valence-electron chi connectivity index (χ1n) is 6.10. The quantitative estimate of drug-likeness (QED) is 0.875. The average Bonchev–Trinajstić information content (AvgIpc) is 2.43. The number of methoxy groups -OCH3 is 1. The highest BCUT2D eigenvalue weighted by molar-refractivity contribution is 5.92. The normalized spacial score (nSPS) is 10.6. The maximum absolute atomic E-state index is 5.54. The predicted octanol–water partition coefficient (Wildman–Crippen LogP) is 2.03. The Labute approximate surface area is 107 Å². The van der Waals surface area contributed by atoms with Crippen molar-refractivity contribution in [3.63, 3.8) is 0 Å². The van der Waals surface area contributed by atoms with Gasteiger partial charge in [0.05, 0.1) is 7.11 Å². The number of pyridine rings is 1. The van der Waals surface area contributed by atoms with Crippen LogP contribution in [0.4, 0.5) is 5.82 Å². The van der Waals surface area contributed by atoms with Gasteiger partial charge >= 0.3 is 0 Å². The van der Waals surface area contributed by atoms with Crippen LogP contribution in [-0.2, 0) is 0 Å². The largest absolute Gasteiger partial charge is 0.497 e. The third-order valence-corrected chi connectivity index (χ3v) is 3.01. The van der Waals surface area contributed by atoms with Crippen LogP contribution in [0.2, 0.25) is 0 Å². The third-order valence-electron chi connectivity index (χ3n) is 3.01. The van der Waals surface area contributed by atoms with Gasteiger partial charge in [-0.1, -0.05) is 0 Å². The van der Waals surface area contributed by atoms with Crippen molar-refractivity contribution in [3.05, 3.63) is 30.5 Å². The van der Waals surface area contributed by atoms with Crippen LogP contribution in [0.25, 0.3) is 10.8 Å². The molecule has 0 bridgehead atoms. The molecule has 0 aliphatic carbocycles. The molecule has 0 fully saturated rings. The number of hydrogen-bond acceptors (Lipinski definition) is 4. The number of benzene rings is 1. The topological polar surface area (TPSA) is 51.4 Å². The van der Waals surface area contributed by atoms with Gasteiger partial charge in [-0.15, -0.1) is 0 Å². The van der Waals surface area contributed by atoms with Crippen LogP contribution < -0.4 is 15.4 Å². The first-order valence-corrected chi connectivity index (χ1v) is 6.10. The summed E-state index contributed by atoms with van der Waals surface area (Å²) < 4.78 is 5.24. The lowest BCUT2D eigenvalue weighted by Crippen LogP contribution is -2.22. The maximum atomic E-state index is 5.54. The Morgan fingerprint density at radius 3 is 2.89 bits per heavy atom. The van der Waals surface area contributed by atoms with E-state index in [9.17, 15) is 0 Å². The van der Waals surface area contributed by atoms with Gasteiger partial charge < -0.3 is 15.4 Å². The Morgan fingerprint density at radius 2 is 2.17 bits per heavy atom. The van der Waals surface area contributed by atoms with E-state index in [2.05, 4.69) is 16.0 Å². The molecule has 4 nitrogen and oxygen atoms in total. The highest BCUT2D eigenvalue weighted by Crippen LogP contribution is 2.27. The summed E-state index contributed by atoms with van der Waals surface area (Å²) in [5.74, 6) is 1.85. The van der Waals surface area contributed by atoms with Gasteiger partial charge in [0, 0.05) is 25.2 Å². The summed E-state index contributed by atoms with van der Waals surface area (Å²) >= 11 is 0. The van der Waals surface area contributed by atoms with E-state index in [0.717, 1.165) is 35.3 Å². The molecule has 0 saturated heterocycles. The summed E-state index contributed by atoms with van der Waals surface area (Å²) in [5, 5.41) is 2.27. The fourth-order valence-electron chi connectivity index (χ4n) is 2.01. The molecule has 0 atom stereocenters. The summed E-state index contributed by atoms with van der Waals surface area (Å²) in [6.45, 7) is 1.61. The van der Waals surface area contributed by atoms with E-state index < -0.39 is 0 Å². The minimum atomic E-state index is 0.697. The van der Waals surface area contributed by atoms with Gasteiger partial charge in [-0.2, -0.15) is 0 Å². The summed E-state index contributed by atoms with van der Waals surface area (Å²) in [7, 11) is 3.72.